The van der Waals surface area contributed by atoms with Crippen molar-refractivity contribution in [3.63, 3.8) is 0 Å². The molecule has 2 heteroatoms. The molecule has 0 heterocycles. The zero-order chi connectivity index (χ0) is 12.0. The van der Waals surface area contributed by atoms with Gasteiger partial charge in [0.05, 0.1) is 0 Å². The van der Waals surface area contributed by atoms with Crippen LogP contribution >= 0.6 is 0 Å². The number of nitrogens with zero attached hydrogens (tertiary/aromatic N) is 1. The van der Waals surface area contributed by atoms with E-state index in [9.17, 15) is 4.79 Å². The maximum absolute atomic E-state index is 11.6. The molecule has 0 spiro atoms. The highest BCUT2D eigenvalue weighted by Crippen LogP contribution is 2.08. The molecule has 0 aliphatic heterocycles. The quantitative estimate of drug-likeness (QED) is 0.694. The van der Waals surface area contributed by atoms with E-state index in [0.717, 1.165) is 18.5 Å². The summed E-state index contributed by atoms with van der Waals surface area (Å²) in [5.74, 6) is 0.00225. The second-order valence-electron chi connectivity index (χ2n) is 3.95. The third-order valence-corrected chi connectivity index (χ3v) is 2.47. The van der Waals surface area contributed by atoms with Gasteiger partial charge in [-0.05, 0) is 25.0 Å². The van der Waals surface area contributed by atoms with E-state index in [4.69, 9.17) is 0 Å². The van der Waals surface area contributed by atoms with Gasteiger partial charge in [-0.3, -0.25) is 4.79 Å². The molecule has 1 rings (SSSR count). The van der Waals surface area contributed by atoms with Crippen LogP contribution < -0.4 is 0 Å². The van der Waals surface area contributed by atoms with Gasteiger partial charge >= 0.3 is 0 Å². The van der Waals surface area contributed by atoms with Crippen molar-refractivity contribution in [3.05, 3.63) is 48.0 Å². The van der Waals surface area contributed by atoms with E-state index in [0.29, 0.717) is 6.54 Å². The van der Waals surface area contributed by atoms with Gasteiger partial charge in [0.2, 0.25) is 5.91 Å². The summed E-state index contributed by atoms with van der Waals surface area (Å²) in [4.78, 5) is 13.4. The second kappa shape index (κ2) is 6.11. The lowest BCUT2D eigenvalue weighted by Gasteiger charge is -2.20. The molecule has 0 N–H and O–H groups in total. The third-order valence-electron chi connectivity index (χ3n) is 2.47. The first-order chi connectivity index (χ1) is 7.67. The Morgan fingerprint density at radius 2 is 2.00 bits per heavy atom. The summed E-state index contributed by atoms with van der Waals surface area (Å²) in [5, 5.41) is 0. The van der Waals surface area contributed by atoms with Crippen LogP contribution in [0.15, 0.2) is 36.9 Å². The molecule has 0 fully saturated rings. The van der Waals surface area contributed by atoms with Crippen molar-refractivity contribution in [1.82, 2.24) is 4.90 Å². The summed E-state index contributed by atoms with van der Waals surface area (Å²) in [6.07, 6.45) is 2.34. The monoisotopic (exact) mass is 217 g/mol. The standard InChI is InChI=1S/C14H19NO/c1-4-10-15(14(16)5-2)11-13-8-6-12(3)7-9-13/h5-9H,2,4,10-11H2,1,3H3. The SMILES string of the molecule is C=CC(=O)N(CCC)Cc1ccc(C)cc1. The van der Waals surface area contributed by atoms with Crippen LogP contribution in [-0.2, 0) is 11.3 Å². The largest absolute Gasteiger partial charge is 0.335 e. The molecule has 16 heavy (non-hydrogen) atoms. The van der Waals surface area contributed by atoms with Crippen LogP contribution in [-0.4, -0.2) is 17.4 Å². The number of rotatable bonds is 5. The van der Waals surface area contributed by atoms with Crippen molar-refractivity contribution in [3.8, 4) is 0 Å². The van der Waals surface area contributed by atoms with Crippen LogP contribution in [0.5, 0.6) is 0 Å². The predicted octanol–water partition coefficient (Wildman–Crippen LogP) is 2.92. The van der Waals surface area contributed by atoms with Gasteiger partial charge in [-0.25, -0.2) is 0 Å². The summed E-state index contributed by atoms with van der Waals surface area (Å²) in [6, 6.07) is 8.26. The summed E-state index contributed by atoms with van der Waals surface area (Å²) >= 11 is 0. The van der Waals surface area contributed by atoms with E-state index in [1.165, 1.54) is 11.6 Å². The first-order valence-electron chi connectivity index (χ1n) is 5.64. The Morgan fingerprint density at radius 3 is 2.50 bits per heavy atom. The van der Waals surface area contributed by atoms with E-state index in [1.54, 1.807) is 0 Å². The van der Waals surface area contributed by atoms with Crippen molar-refractivity contribution >= 4 is 5.91 Å². The Labute approximate surface area is 97.6 Å². The highest BCUT2D eigenvalue weighted by molar-refractivity contribution is 5.86. The average molecular weight is 217 g/mol. The molecule has 0 aromatic heterocycles. The predicted molar refractivity (Wildman–Crippen MR) is 67.1 cm³/mol. The number of carbonyl (C=O) groups excluding carboxylic acids is 1. The number of carbonyl (C=O) groups is 1. The van der Waals surface area contributed by atoms with Crippen molar-refractivity contribution in [2.75, 3.05) is 6.54 Å². The zero-order valence-corrected chi connectivity index (χ0v) is 10.1. The summed E-state index contributed by atoms with van der Waals surface area (Å²) in [5.41, 5.74) is 2.40. The van der Waals surface area contributed by atoms with Gasteiger partial charge in [0.15, 0.2) is 0 Å². The number of benzene rings is 1. The fourth-order valence-electron chi connectivity index (χ4n) is 1.58. The number of hydrogen-bond donors (Lipinski definition) is 0. The molecule has 1 aromatic rings. The Kier molecular flexibility index (Phi) is 4.77. The highest BCUT2D eigenvalue weighted by atomic mass is 16.2. The maximum atomic E-state index is 11.6. The first-order valence-corrected chi connectivity index (χ1v) is 5.64. The average Bonchev–Trinajstić information content (AvgIpc) is 2.30. The normalized spacial score (nSPS) is 9.88. The van der Waals surface area contributed by atoms with Crippen molar-refractivity contribution < 1.29 is 4.79 Å². The lowest BCUT2D eigenvalue weighted by molar-refractivity contribution is -0.126. The van der Waals surface area contributed by atoms with E-state index in [2.05, 4.69) is 44.7 Å². The third kappa shape index (κ3) is 3.54. The van der Waals surface area contributed by atoms with Crippen LogP contribution in [0, 0.1) is 6.92 Å². The molecule has 1 amide bonds. The Hall–Kier alpha value is -1.57. The molecule has 86 valence electrons. The molecule has 2 nitrogen and oxygen atoms in total. The Morgan fingerprint density at radius 1 is 1.38 bits per heavy atom. The Balaban J connectivity index is 2.71. The van der Waals surface area contributed by atoms with Crippen molar-refractivity contribution in [2.24, 2.45) is 0 Å². The molecule has 0 aliphatic carbocycles. The van der Waals surface area contributed by atoms with E-state index in [-0.39, 0.29) is 5.91 Å². The molecule has 0 radical (unpaired) electrons. The lowest BCUT2D eigenvalue weighted by atomic mass is 10.1. The van der Waals surface area contributed by atoms with Crippen LogP contribution in [0.4, 0.5) is 0 Å². The minimum Gasteiger partial charge on any atom is -0.335 e. The van der Waals surface area contributed by atoms with Gasteiger partial charge < -0.3 is 4.90 Å². The number of amides is 1. The van der Waals surface area contributed by atoms with Crippen LogP contribution in [0.1, 0.15) is 24.5 Å². The van der Waals surface area contributed by atoms with Crippen molar-refractivity contribution in [2.45, 2.75) is 26.8 Å². The molecule has 0 saturated carbocycles. The van der Waals surface area contributed by atoms with Gasteiger partial charge in [-0.2, -0.15) is 0 Å². The summed E-state index contributed by atoms with van der Waals surface area (Å²) in [7, 11) is 0. The minimum atomic E-state index is 0.00225. The van der Waals surface area contributed by atoms with Gasteiger partial charge in [0.1, 0.15) is 0 Å². The topological polar surface area (TPSA) is 20.3 Å². The molecule has 0 aliphatic rings. The molecule has 0 unspecified atom stereocenters. The van der Waals surface area contributed by atoms with E-state index >= 15 is 0 Å². The fourth-order valence-corrected chi connectivity index (χ4v) is 1.58. The molecular weight excluding hydrogens is 198 g/mol. The molecule has 0 atom stereocenters. The van der Waals surface area contributed by atoms with Gasteiger partial charge in [0, 0.05) is 13.1 Å². The molecular formula is C14H19NO. The van der Waals surface area contributed by atoms with Gasteiger partial charge in [0.25, 0.3) is 0 Å². The second-order valence-corrected chi connectivity index (χ2v) is 3.95. The van der Waals surface area contributed by atoms with Crippen LogP contribution in [0.25, 0.3) is 0 Å². The highest BCUT2D eigenvalue weighted by Gasteiger charge is 2.09. The van der Waals surface area contributed by atoms with Gasteiger partial charge in [-0.1, -0.05) is 43.3 Å². The van der Waals surface area contributed by atoms with Crippen LogP contribution in [0.3, 0.4) is 0 Å². The van der Waals surface area contributed by atoms with E-state index in [1.807, 2.05) is 4.90 Å². The fraction of sp³-hybridized carbons (Fsp3) is 0.357. The van der Waals surface area contributed by atoms with E-state index < -0.39 is 0 Å². The number of aryl methyl sites for hydroxylation is 1. The minimum absolute atomic E-state index is 0.00225. The van der Waals surface area contributed by atoms with Crippen molar-refractivity contribution in [1.29, 1.82) is 0 Å². The smallest absolute Gasteiger partial charge is 0.246 e. The van der Waals surface area contributed by atoms with Gasteiger partial charge in [-0.15, -0.1) is 0 Å². The molecule has 0 bridgehead atoms. The first kappa shape index (κ1) is 12.5. The maximum Gasteiger partial charge on any atom is 0.246 e. The zero-order valence-electron chi connectivity index (χ0n) is 10.1. The van der Waals surface area contributed by atoms with Crippen LogP contribution in [0.2, 0.25) is 0 Å². The molecule has 1 aromatic carbocycles. The summed E-state index contributed by atoms with van der Waals surface area (Å²) < 4.78 is 0. The number of hydrogen-bond acceptors (Lipinski definition) is 1. The molecule has 0 saturated heterocycles. The summed E-state index contributed by atoms with van der Waals surface area (Å²) in [6.45, 7) is 9.10. The lowest BCUT2D eigenvalue weighted by Crippen LogP contribution is -2.29. The Bertz CT molecular complexity index is 354.